The van der Waals surface area contributed by atoms with Crippen LogP contribution < -0.4 is 11.3 Å². The number of nitrogens with zero attached hydrogens (tertiary/aromatic N) is 3. The van der Waals surface area contributed by atoms with Gasteiger partial charge in [0.25, 0.3) is 5.69 Å². The monoisotopic (exact) mass is 275 g/mol. The van der Waals surface area contributed by atoms with E-state index >= 15 is 0 Å². The highest BCUT2D eigenvalue weighted by atomic mass is 16.6. The fraction of sp³-hybridized carbons (Fsp3) is 0.308. The number of rotatable bonds is 5. The highest BCUT2D eigenvalue weighted by Gasteiger charge is 2.17. The first-order valence-electron chi connectivity index (χ1n) is 6.28. The number of nitrogen functional groups attached to an aromatic ring is 1. The Bertz CT molecular complexity index is 621. The lowest BCUT2D eigenvalue weighted by molar-refractivity contribution is -0.384. The summed E-state index contributed by atoms with van der Waals surface area (Å²) in [6, 6.07) is 4.89. The lowest BCUT2D eigenvalue weighted by atomic mass is 10.1. The van der Waals surface area contributed by atoms with Crippen molar-refractivity contribution in [2.24, 2.45) is 5.84 Å². The Morgan fingerprint density at radius 3 is 2.85 bits per heavy atom. The summed E-state index contributed by atoms with van der Waals surface area (Å²) in [5.74, 6) is 6.64. The van der Waals surface area contributed by atoms with Crippen molar-refractivity contribution in [2.75, 3.05) is 5.43 Å². The molecule has 0 aliphatic heterocycles. The fourth-order valence-corrected chi connectivity index (χ4v) is 2.18. The summed E-state index contributed by atoms with van der Waals surface area (Å²) in [6.07, 6.45) is 3.58. The number of benzene rings is 1. The molecule has 0 amide bonds. The molecule has 0 saturated carbocycles. The molecule has 0 aliphatic rings. The van der Waals surface area contributed by atoms with Crippen molar-refractivity contribution < 1.29 is 4.92 Å². The Labute approximate surface area is 116 Å². The van der Waals surface area contributed by atoms with Gasteiger partial charge in [0.1, 0.15) is 11.5 Å². The number of anilines is 1. The largest absolute Gasteiger partial charge is 0.330 e. The average Bonchev–Trinajstić information content (AvgIpc) is 2.86. The van der Waals surface area contributed by atoms with Crippen LogP contribution in [0, 0.1) is 10.1 Å². The Hall–Kier alpha value is -2.41. The quantitative estimate of drug-likeness (QED) is 0.495. The van der Waals surface area contributed by atoms with Crippen LogP contribution in [0.3, 0.4) is 0 Å². The van der Waals surface area contributed by atoms with Crippen LogP contribution in [-0.2, 0) is 6.54 Å². The maximum atomic E-state index is 11.0. The fourth-order valence-electron chi connectivity index (χ4n) is 2.18. The van der Waals surface area contributed by atoms with Crippen LogP contribution in [0.2, 0.25) is 0 Å². The number of para-hydroxylation sites is 1. The number of aromatic nitrogens is 2. The van der Waals surface area contributed by atoms with E-state index < -0.39 is 4.92 Å². The van der Waals surface area contributed by atoms with E-state index in [9.17, 15) is 10.1 Å². The van der Waals surface area contributed by atoms with Gasteiger partial charge in [-0.1, -0.05) is 26.0 Å². The molecule has 0 bridgehead atoms. The van der Waals surface area contributed by atoms with Crippen LogP contribution in [0.5, 0.6) is 0 Å². The van der Waals surface area contributed by atoms with Crippen LogP contribution in [0.1, 0.15) is 31.2 Å². The lowest BCUT2D eigenvalue weighted by Gasteiger charge is -2.13. The SMILES string of the molecule is CC(C)c1nccn1Cc1cccc([N+](=O)[O-])c1NN. The molecule has 2 aromatic rings. The molecular formula is C13H17N5O2. The Balaban J connectivity index is 2.41. The molecule has 0 atom stereocenters. The molecule has 0 saturated heterocycles. The third-order valence-corrected chi connectivity index (χ3v) is 3.07. The summed E-state index contributed by atoms with van der Waals surface area (Å²) in [6.45, 7) is 4.58. The number of nitro benzene ring substituents is 1. The van der Waals surface area contributed by atoms with Crippen LogP contribution >= 0.6 is 0 Å². The van der Waals surface area contributed by atoms with E-state index in [0.717, 1.165) is 11.4 Å². The topological polar surface area (TPSA) is 99.0 Å². The normalized spacial score (nSPS) is 10.8. The summed E-state index contributed by atoms with van der Waals surface area (Å²) in [5.41, 5.74) is 3.49. The number of hydrogen-bond acceptors (Lipinski definition) is 5. The molecule has 3 N–H and O–H groups in total. The zero-order chi connectivity index (χ0) is 14.7. The second kappa shape index (κ2) is 5.70. The summed E-state index contributed by atoms with van der Waals surface area (Å²) < 4.78 is 1.96. The highest BCUT2D eigenvalue weighted by Crippen LogP contribution is 2.28. The number of hydrazine groups is 1. The smallest absolute Gasteiger partial charge is 0.293 e. The summed E-state index contributed by atoms with van der Waals surface area (Å²) in [5, 5.41) is 11.0. The van der Waals surface area contributed by atoms with E-state index in [0.29, 0.717) is 12.2 Å². The second-order valence-corrected chi connectivity index (χ2v) is 4.78. The minimum Gasteiger partial charge on any atom is -0.330 e. The van der Waals surface area contributed by atoms with Crippen molar-refractivity contribution >= 4 is 11.4 Å². The number of nitrogens with two attached hydrogens (primary N) is 1. The van der Waals surface area contributed by atoms with E-state index in [4.69, 9.17) is 5.84 Å². The predicted octanol–water partition coefficient (Wildman–Crippen LogP) is 2.25. The zero-order valence-corrected chi connectivity index (χ0v) is 11.4. The van der Waals surface area contributed by atoms with Gasteiger partial charge < -0.3 is 9.99 Å². The average molecular weight is 275 g/mol. The van der Waals surface area contributed by atoms with E-state index in [-0.39, 0.29) is 11.6 Å². The predicted molar refractivity (Wildman–Crippen MR) is 76.3 cm³/mol. The van der Waals surface area contributed by atoms with Crippen LogP contribution in [0.15, 0.2) is 30.6 Å². The van der Waals surface area contributed by atoms with Gasteiger partial charge >= 0.3 is 0 Å². The van der Waals surface area contributed by atoms with E-state index in [2.05, 4.69) is 10.4 Å². The van der Waals surface area contributed by atoms with Gasteiger partial charge in [-0.3, -0.25) is 16.0 Å². The van der Waals surface area contributed by atoms with Gasteiger partial charge in [-0.15, -0.1) is 0 Å². The van der Waals surface area contributed by atoms with Crippen LogP contribution in [-0.4, -0.2) is 14.5 Å². The van der Waals surface area contributed by atoms with Crippen molar-refractivity contribution in [1.82, 2.24) is 9.55 Å². The van der Waals surface area contributed by atoms with Gasteiger partial charge in [0.15, 0.2) is 0 Å². The molecule has 20 heavy (non-hydrogen) atoms. The molecule has 1 heterocycles. The Morgan fingerprint density at radius 1 is 1.50 bits per heavy atom. The summed E-state index contributed by atoms with van der Waals surface area (Å²) >= 11 is 0. The van der Waals surface area contributed by atoms with Crippen LogP contribution in [0.25, 0.3) is 0 Å². The van der Waals surface area contributed by atoms with Gasteiger partial charge in [-0.05, 0) is 0 Å². The van der Waals surface area contributed by atoms with E-state index in [1.165, 1.54) is 6.07 Å². The first-order chi connectivity index (χ1) is 9.54. The van der Waals surface area contributed by atoms with E-state index in [1.807, 2.05) is 30.7 Å². The summed E-state index contributed by atoms with van der Waals surface area (Å²) in [4.78, 5) is 14.9. The number of nitrogens with one attached hydrogen (secondary N) is 1. The van der Waals surface area contributed by atoms with Crippen molar-refractivity contribution in [1.29, 1.82) is 0 Å². The molecule has 0 radical (unpaired) electrons. The van der Waals surface area contributed by atoms with Crippen molar-refractivity contribution in [3.63, 3.8) is 0 Å². The molecule has 0 spiro atoms. The van der Waals surface area contributed by atoms with Gasteiger partial charge in [0, 0.05) is 29.9 Å². The minimum absolute atomic E-state index is 0.0313. The Morgan fingerprint density at radius 2 is 2.25 bits per heavy atom. The maximum absolute atomic E-state index is 11.0. The number of imidazole rings is 1. The van der Waals surface area contributed by atoms with Crippen molar-refractivity contribution in [3.05, 3.63) is 52.1 Å². The van der Waals surface area contributed by atoms with Gasteiger partial charge in [-0.2, -0.15) is 0 Å². The minimum atomic E-state index is -0.448. The second-order valence-electron chi connectivity index (χ2n) is 4.78. The molecule has 0 fully saturated rings. The summed E-state index contributed by atoms with van der Waals surface area (Å²) in [7, 11) is 0. The molecule has 7 nitrogen and oxygen atoms in total. The van der Waals surface area contributed by atoms with E-state index in [1.54, 1.807) is 12.3 Å². The molecule has 7 heteroatoms. The molecule has 1 aromatic heterocycles. The van der Waals surface area contributed by atoms with Gasteiger partial charge in [-0.25, -0.2) is 4.98 Å². The molecule has 106 valence electrons. The molecule has 2 rings (SSSR count). The van der Waals surface area contributed by atoms with Gasteiger partial charge in [0.2, 0.25) is 0 Å². The standard InChI is InChI=1S/C13H17N5O2/c1-9(2)13-15-6-7-17(13)8-10-4-3-5-11(18(19)20)12(10)16-14/h3-7,9,16H,8,14H2,1-2H3. The third kappa shape index (κ3) is 2.62. The molecule has 0 aliphatic carbocycles. The first-order valence-corrected chi connectivity index (χ1v) is 6.28. The van der Waals surface area contributed by atoms with Gasteiger partial charge in [0.05, 0.1) is 11.5 Å². The number of nitro groups is 1. The lowest BCUT2D eigenvalue weighted by Crippen LogP contribution is -2.14. The van der Waals surface area contributed by atoms with Crippen LogP contribution in [0.4, 0.5) is 11.4 Å². The molecule has 1 aromatic carbocycles. The zero-order valence-electron chi connectivity index (χ0n) is 11.4. The highest BCUT2D eigenvalue weighted by molar-refractivity contribution is 5.65. The Kier molecular flexibility index (Phi) is 3.99. The molecule has 0 unspecified atom stereocenters. The number of hydrogen-bond donors (Lipinski definition) is 2. The van der Waals surface area contributed by atoms with Crippen molar-refractivity contribution in [2.45, 2.75) is 26.3 Å². The third-order valence-electron chi connectivity index (χ3n) is 3.07. The maximum Gasteiger partial charge on any atom is 0.293 e. The first kappa shape index (κ1) is 14.0. The van der Waals surface area contributed by atoms with Crippen molar-refractivity contribution in [3.8, 4) is 0 Å². The molecular weight excluding hydrogens is 258 g/mol.